The molecule has 0 amide bonds. The Morgan fingerprint density at radius 2 is 1.79 bits per heavy atom. The van der Waals surface area contributed by atoms with Gasteiger partial charge in [-0.1, -0.05) is 0 Å². The van der Waals surface area contributed by atoms with Gasteiger partial charge in [-0.25, -0.2) is 17.8 Å². The molecule has 1 heterocycles. The largest absolute Gasteiger partial charge is 0.263 e. The Labute approximate surface area is 112 Å². The van der Waals surface area contributed by atoms with Crippen molar-refractivity contribution in [3.63, 3.8) is 0 Å². The molecule has 2 fully saturated rings. The normalized spacial score (nSPS) is 19.9. The Kier molecular flexibility index (Phi) is 3.30. The number of hydrogen-bond acceptors (Lipinski definition) is 3. The molecule has 0 radical (unpaired) electrons. The summed E-state index contributed by atoms with van der Waals surface area (Å²) in [5, 5.41) is -0.434. The maximum atomic E-state index is 13.7. The fourth-order valence-corrected chi connectivity index (χ4v) is 3.70. The van der Waals surface area contributed by atoms with Crippen LogP contribution in [0.2, 0.25) is 0 Å². The zero-order valence-corrected chi connectivity index (χ0v) is 11.4. The van der Waals surface area contributed by atoms with E-state index in [9.17, 15) is 12.8 Å². The van der Waals surface area contributed by atoms with Crippen LogP contribution < -0.4 is 0 Å². The Hall–Kier alpha value is -1.01. The predicted octanol–water partition coefficient (Wildman–Crippen LogP) is 2.03. The first-order chi connectivity index (χ1) is 9.07. The lowest BCUT2D eigenvalue weighted by atomic mass is 10.4. The summed E-state index contributed by atoms with van der Waals surface area (Å²) in [5.41, 5.74) is 0. The fourth-order valence-electron chi connectivity index (χ4n) is 2.13. The Morgan fingerprint density at radius 3 is 2.26 bits per heavy atom. The van der Waals surface area contributed by atoms with Crippen LogP contribution in [0, 0.1) is 17.7 Å². The van der Waals surface area contributed by atoms with Crippen molar-refractivity contribution >= 4 is 10.0 Å². The minimum absolute atomic E-state index is 0.434. The van der Waals surface area contributed by atoms with Gasteiger partial charge in [0, 0.05) is 19.3 Å². The molecule has 0 aliphatic heterocycles. The van der Waals surface area contributed by atoms with E-state index in [4.69, 9.17) is 0 Å². The standard InChI is InChI=1S/C13H17FN2O2S/c14-12-2-1-7-15-13(12)19(17,18)16(8-10-3-4-10)9-11-5-6-11/h1-2,7,10-11H,3-6,8-9H2. The molecule has 3 rings (SSSR count). The third kappa shape index (κ3) is 2.95. The second-order valence-electron chi connectivity index (χ2n) is 5.50. The summed E-state index contributed by atoms with van der Waals surface area (Å²) in [4.78, 5) is 3.72. The fraction of sp³-hybridized carbons (Fsp3) is 0.615. The summed E-state index contributed by atoms with van der Waals surface area (Å²) in [6.45, 7) is 1.02. The van der Waals surface area contributed by atoms with Crippen molar-refractivity contribution in [2.24, 2.45) is 11.8 Å². The van der Waals surface area contributed by atoms with Crippen molar-refractivity contribution in [3.05, 3.63) is 24.1 Å². The van der Waals surface area contributed by atoms with Crippen LogP contribution in [0.5, 0.6) is 0 Å². The molecule has 104 valence electrons. The molecule has 0 bridgehead atoms. The highest BCUT2D eigenvalue weighted by atomic mass is 32.2. The van der Waals surface area contributed by atoms with Crippen LogP contribution in [0.1, 0.15) is 25.7 Å². The lowest BCUT2D eigenvalue weighted by molar-refractivity contribution is 0.377. The molecule has 0 spiro atoms. The van der Waals surface area contributed by atoms with Gasteiger partial charge in [-0.2, -0.15) is 4.31 Å². The molecule has 0 saturated heterocycles. The van der Waals surface area contributed by atoms with Gasteiger partial charge in [0.15, 0.2) is 5.82 Å². The molecule has 0 aromatic carbocycles. The maximum Gasteiger partial charge on any atom is 0.263 e. The van der Waals surface area contributed by atoms with Gasteiger partial charge in [-0.05, 0) is 49.7 Å². The highest BCUT2D eigenvalue weighted by Gasteiger charge is 2.37. The van der Waals surface area contributed by atoms with E-state index in [-0.39, 0.29) is 0 Å². The SMILES string of the molecule is O=S(=O)(c1ncccc1F)N(CC1CC1)CC1CC1. The van der Waals surface area contributed by atoms with Crippen LogP contribution >= 0.6 is 0 Å². The zero-order chi connectivity index (χ0) is 13.5. The molecule has 2 aliphatic rings. The van der Waals surface area contributed by atoms with E-state index < -0.39 is 20.9 Å². The van der Waals surface area contributed by atoms with E-state index in [0.717, 1.165) is 31.7 Å². The lowest BCUT2D eigenvalue weighted by Gasteiger charge is -2.21. The number of aromatic nitrogens is 1. The Balaban J connectivity index is 1.87. The number of sulfonamides is 1. The molecule has 1 aromatic rings. The van der Waals surface area contributed by atoms with Crippen molar-refractivity contribution in [3.8, 4) is 0 Å². The van der Waals surface area contributed by atoms with Crippen LogP contribution in [0.25, 0.3) is 0 Å². The number of rotatable bonds is 6. The summed E-state index contributed by atoms with van der Waals surface area (Å²) in [7, 11) is -3.79. The molecule has 4 nitrogen and oxygen atoms in total. The second-order valence-corrected chi connectivity index (χ2v) is 7.35. The average Bonchev–Trinajstić information content (AvgIpc) is 3.23. The van der Waals surface area contributed by atoms with Crippen LogP contribution in [-0.4, -0.2) is 30.8 Å². The van der Waals surface area contributed by atoms with Crippen molar-refractivity contribution in [1.29, 1.82) is 0 Å². The smallest absolute Gasteiger partial charge is 0.241 e. The zero-order valence-electron chi connectivity index (χ0n) is 10.6. The Bertz CT molecular complexity index is 554. The number of halogens is 1. The van der Waals surface area contributed by atoms with E-state index in [1.54, 1.807) is 0 Å². The quantitative estimate of drug-likeness (QED) is 0.803. The molecule has 0 unspecified atom stereocenters. The first kappa shape index (κ1) is 13.0. The third-order valence-corrected chi connectivity index (χ3v) is 5.39. The molecule has 19 heavy (non-hydrogen) atoms. The molecular formula is C13H17FN2O2S. The van der Waals surface area contributed by atoms with Gasteiger partial charge < -0.3 is 0 Å². The molecular weight excluding hydrogens is 267 g/mol. The van der Waals surface area contributed by atoms with E-state index in [0.29, 0.717) is 24.9 Å². The maximum absolute atomic E-state index is 13.7. The minimum Gasteiger partial charge on any atom is -0.241 e. The van der Waals surface area contributed by atoms with Crippen LogP contribution in [0.4, 0.5) is 4.39 Å². The summed E-state index contributed by atoms with van der Waals surface area (Å²) >= 11 is 0. The van der Waals surface area contributed by atoms with Gasteiger partial charge in [0.05, 0.1) is 0 Å². The molecule has 0 atom stereocenters. The van der Waals surface area contributed by atoms with Gasteiger partial charge in [-0.3, -0.25) is 0 Å². The van der Waals surface area contributed by atoms with Gasteiger partial charge in [0.25, 0.3) is 10.0 Å². The average molecular weight is 284 g/mol. The monoisotopic (exact) mass is 284 g/mol. The van der Waals surface area contributed by atoms with E-state index in [2.05, 4.69) is 4.98 Å². The summed E-state index contributed by atoms with van der Waals surface area (Å²) < 4.78 is 40.1. The molecule has 6 heteroatoms. The third-order valence-electron chi connectivity index (χ3n) is 3.63. The van der Waals surface area contributed by atoms with Crippen molar-refractivity contribution in [1.82, 2.24) is 9.29 Å². The number of hydrogen-bond donors (Lipinski definition) is 0. The number of nitrogens with zero attached hydrogens (tertiary/aromatic N) is 2. The first-order valence-electron chi connectivity index (χ1n) is 6.68. The van der Waals surface area contributed by atoms with Crippen LogP contribution in [0.3, 0.4) is 0 Å². The second kappa shape index (κ2) is 4.83. The highest BCUT2D eigenvalue weighted by Crippen LogP contribution is 2.35. The van der Waals surface area contributed by atoms with Crippen molar-refractivity contribution in [2.45, 2.75) is 30.7 Å². The lowest BCUT2D eigenvalue weighted by Crippen LogP contribution is -2.35. The summed E-state index contributed by atoms with van der Waals surface area (Å²) in [6, 6.07) is 2.55. The van der Waals surface area contributed by atoms with E-state index >= 15 is 0 Å². The predicted molar refractivity (Wildman–Crippen MR) is 68.4 cm³/mol. The van der Waals surface area contributed by atoms with Gasteiger partial charge in [0.2, 0.25) is 5.03 Å². The molecule has 2 aliphatic carbocycles. The van der Waals surface area contributed by atoms with Crippen molar-refractivity contribution in [2.75, 3.05) is 13.1 Å². The van der Waals surface area contributed by atoms with Crippen LogP contribution in [-0.2, 0) is 10.0 Å². The summed E-state index contributed by atoms with van der Waals surface area (Å²) in [5.74, 6) is 0.125. The van der Waals surface area contributed by atoms with Gasteiger partial charge >= 0.3 is 0 Å². The molecule has 0 N–H and O–H groups in total. The first-order valence-corrected chi connectivity index (χ1v) is 8.12. The topological polar surface area (TPSA) is 50.3 Å². The minimum atomic E-state index is -3.79. The number of pyridine rings is 1. The summed E-state index contributed by atoms with van der Waals surface area (Å²) in [6.07, 6.45) is 5.61. The van der Waals surface area contributed by atoms with Crippen LogP contribution in [0.15, 0.2) is 23.4 Å². The van der Waals surface area contributed by atoms with E-state index in [1.807, 2.05) is 0 Å². The van der Waals surface area contributed by atoms with Gasteiger partial charge in [0.1, 0.15) is 0 Å². The van der Waals surface area contributed by atoms with Gasteiger partial charge in [-0.15, -0.1) is 0 Å². The molecule has 1 aromatic heterocycles. The Morgan fingerprint density at radius 1 is 1.21 bits per heavy atom. The molecule has 2 saturated carbocycles. The van der Waals surface area contributed by atoms with E-state index in [1.165, 1.54) is 16.6 Å². The van der Waals surface area contributed by atoms with Crippen molar-refractivity contribution < 1.29 is 12.8 Å². The highest BCUT2D eigenvalue weighted by molar-refractivity contribution is 7.89.